The fourth-order valence-electron chi connectivity index (χ4n) is 1.35. The summed E-state index contributed by atoms with van der Waals surface area (Å²) in [6.45, 7) is 8.16. The highest BCUT2D eigenvalue weighted by atomic mass is 32.1. The molecule has 0 radical (unpaired) electrons. The van der Waals surface area contributed by atoms with Crippen molar-refractivity contribution in [2.24, 2.45) is 0 Å². The molecule has 16 heavy (non-hydrogen) atoms. The Balaban J connectivity index is 2.94. The second-order valence-corrected chi connectivity index (χ2v) is 4.76. The Kier molecular flexibility index (Phi) is 4.74. The van der Waals surface area contributed by atoms with Crippen molar-refractivity contribution >= 4 is 22.9 Å². The maximum absolute atomic E-state index is 11.6. The van der Waals surface area contributed by atoms with Crippen LogP contribution < -0.4 is 0 Å². The van der Waals surface area contributed by atoms with Gasteiger partial charge in [-0.2, -0.15) is 0 Å². The summed E-state index contributed by atoms with van der Waals surface area (Å²) in [5.74, 6) is -0.216. The zero-order chi connectivity index (χ0) is 12.1. The lowest BCUT2D eigenvalue weighted by molar-refractivity contribution is -0.138. The predicted octanol–water partition coefficient (Wildman–Crippen LogP) is 3.67. The summed E-state index contributed by atoms with van der Waals surface area (Å²) >= 11 is 1.74. The highest BCUT2D eigenvalue weighted by molar-refractivity contribution is 7.13. The number of hydrogen-bond acceptors (Lipinski definition) is 3. The van der Waals surface area contributed by atoms with Gasteiger partial charge in [-0.05, 0) is 44.9 Å². The molecule has 0 aromatic carbocycles. The van der Waals surface area contributed by atoms with Crippen LogP contribution in [0.25, 0.3) is 5.57 Å². The van der Waals surface area contributed by atoms with E-state index in [0.717, 1.165) is 16.9 Å². The number of esters is 1. The van der Waals surface area contributed by atoms with Gasteiger partial charge in [-0.25, -0.2) is 4.79 Å². The molecule has 0 saturated carbocycles. The van der Waals surface area contributed by atoms with E-state index < -0.39 is 0 Å². The molecule has 1 heterocycles. The number of aryl methyl sites for hydroxylation is 1. The topological polar surface area (TPSA) is 26.3 Å². The van der Waals surface area contributed by atoms with Crippen LogP contribution in [0.1, 0.15) is 37.4 Å². The van der Waals surface area contributed by atoms with Crippen LogP contribution in [0.15, 0.2) is 17.7 Å². The average molecular weight is 238 g/mol. The number of rotatable bonds is 4. The zero-order valence-electron chi connectivity index (χ0n) is 10.3. The first-order chi connectivity index (χ1) is 7.60. The number of hydrogen-bond donors (Lipinski definition) is 0. The van der Waals surface area contributed by atoms with E-state index in [1.807, 2.05) is 20.8 Å². The molecule has 0 aliphatic carbocycles. The van der Waals surface area contributed by atoms with Crippen LogP contribution in [-0.2, 0) is 16.0 Å². The van der Waals surface area contributed by atoms with E-state index in [4.69, 9.17) is 4.74 Å². The maximum Gasteiger partial charge on any atom is 0.334 e. The van der Waals surface area contributed by atoms with E-state index >= 15 is 0 Å². The molecule has 2 nitrogen and oxygen atoms in total. The molecule has 1 aromatic heterocycles. The summed E-state index contributed by atoms with van der Waals surface area (Å²) in [5, 5.41) is 0. The Bertz CT molecular complexity index is 402. The van der Waals surface area contributed by atoms with E-state index in [0.29, 0.717) is 12.2 Å². The quantitative estimate of drug-likeness (QED) is 0.591. The van der Waals surface area contributed by atoms with Crippen LogP contribution in [0.3, 0.4) is 0 Å². The predicted molar refractivity (Wildman–Crippen MR) is 68.6 cm³/mol. The average Bonchev–Trinajstić information content (AvgIpc) is 2.75. The molecule has 1 rings (SSSR count). The van der Waals surface area contributed by atoms with Gasteiger partial charge in [0.25, 0.3) is 0 Å². The van der Waals surface area contributed by atoms with Gasteiger partial charge in [-0.15, -0.1) is 11.3 Å². The summed E-state index contributed by atoms with van der Waals surface area (Å²) in [6.07, 6.45) is 1.04. The van der Waals surface area contributed by atoms with Crippen LogP contribution in [-0.4, -0.2) is 12.6 Å². The van der Waals surface area contributed by atoms with Crippen molar-refractivity contribution in [3.8, 4) is 0 Å². The summed E-state index contributed by atoms with van der Waals surface area (Å²) < 4.78 is 4.99. The highest BCUT2D eigenvalue weighted by Crippen LogP contribution is 2.26. The Morgan fingerprint density at radius 1 is 1.31 bits per heavy atom. The highest BCUT2D eigenvalue weighted by Gasteiger charge is 2.11. The molecule has 0 aliphatic heterocycles. The molecule has 0 atom stereocenters. The maximum atomic E-state index is 11.6. The molecule has 0 saturated heterocycles. The largest absolute Gasteiger partial charge is 0.463 e. The van der Waals surface area contributed by atoms with Crippen molar-refractivity contribution in [1.29, 1.82) is 0 Å². The Morgan fingerprint density at radius 3 is 2.50 bits per heavy atom. The van der Waals surface area contributed by atoms with Crippen LogP contribution in [0.4, 0.5) is 0 Å². The Morgan fingerprint density at radius 2 is 2.00 bits per heavy atom. The number of carbonyl (C=O) groups excluding carboxylic acids is 1. The molecule has 0 bridgehead atoms. The minimum absolute atomic E-state index is 0.216. The molecule has 1 aromatic rings. The van der Waals surface area contributed by atoms with Gasteiger partial charge in [-0.3, -0.25) is 0 Å². The SMILES string of the molecule is CCOC(=O)/C(C)=C(/C)c1ccc(CC)s1. The molecular formula is C13H18O2S. The monoisotopic (exact) mass is 238 g/mol. The van der Waals surface area contributed by atoms with Crippen LogP contribution >= 0.6 is 11.3 Å². The van der Waals surface area contributed by atoms with Crippen LogP contribution in [0.2, 0.25) is 0 Å². The minimum Gasteiger partial charge on any atom is -0.463 e. The molecule has 0 spiro atoms. The zero-order valence-corrected chi connectivity index (χ0v) is 11.1. The number of thiophene rings is 1. The lowest BCUT2D eigenvalue weighted by atomic mass is 10.1. The standard InChI is InChI=1S/C13H18O2S/c1-5-11-7-8-12(16-11)9(3)10(4)13(14)15-6-2/h7-8H,5-6H2,1-4H3/b10-9-. The second-order valence-electron chi connectivity index (χ2n) is 3.59. The third-order valence-electron chi connectivity index (χ3n) is 2.52. The van der Waals surface area contributed by atoms with Gasteiger partial charge >= 0.3 is 5.97 Å². The first-order valence-electron chi connectivity index (χ1n) is 5.53. The summed E-state index contributed by atoms with van der Waals surface area (Å²) in [6, 6.07) is 4.18. The lowest BCUT2D eigenvalue weighted by Gasteiger charge is -2.05. The number of allylic oxidation sites excluding steroid dienone is 1. The molecule has 0 amide bonds. The second kappa shape index (κ2) is 5.85. The van der Waals surface area contributed by atoms with Crippen molar-refractivity contribution in [3.05, 3.63) is 27.5 Å². The fourth-order valence-corrected chi connectivity index (χ4v) is 2.35. The summed E-state index contributed by atoms with van der Waals surface area (Å²) in [4.78, 5) is 14.1. The molecule has 0 N–H and O–H groups in total. The van der Waals surface area contributed by atoms with E-state index in [1.165, 1.54) is 4.88 Å². The van der Waals surface area contributed by atoms with E-state index in [9.17, 15) is 4.79 Å². The Hall–Kier alpha value is -1.09. The molecule has 0 fully saturated rings. The van der Waals surface area contributed by atoms with Crippen molar-refractivity contribution in [3.63, 3.8) is 0 Å². The molecule has 3 heteroatoms. The molecule has 0 aliphatic rings. The number of carbonyl (C=O) groups is 1. The first kappa shape index (κ1) is 13.0. The van der Waals surface area contributed by atoms with Gasteiger partial charge in [0, 0.05) is 15.3 Å². The van der Waals surface area contributed by atoms with Gasteiger partial charge in [0.15, 0.2) is 0 Å². The van der Waals surface area contributed by atoms with Gasteiger partial charge in [0.1, 0.15) is 0 Å². The third kappa shape index (κ3) is 2.95. The van der Waals surface area contributed by atoms with E-state index in [-0.39, 0.29) is 5.97 Å². The van der Waals surface area contributed by atoms with Crippen molar-refractivity contribution in [1.82, 2.24) is 0 Å². The number of ether oxygens (including phenoxy) is 1. The van der Waals surface area contributed by atoms with Gasteiger partial charge in [0.05, 0.1) is 6.61 Å². The van der Waals surface area contributed by atoms with E-state index in [2.05, 4.69) is 19.1 Å². The minimum atomic E-state index is -0.216. The summed E-state index contributed by atoms with van der Waals surface area (Å²) in [7, 11) is 0. The van der Waals surface area contributed by atoms with Gasteiger partial charge in [0.2, 0.25) is 0 Å². The van der Waals surface area contributed by atoms with Crippen molar-refractivity contribution < 1.29 is 9.53 Å². The fraction of sp³-hybridized carbons (Fsp3) is 0.462. The molecular weight excluding hydrogens is 220 g/mol. The van der Waals surface area contributed by atoms with Gasteiger partial charge < -0.3 is 4.74 Å². The third-order valence-corrected chi connectivity index (χ3v) is 3.87. The lowest BCUT2D eigenvalue weighted by Crippen LogP contribution is -2.06. The Labute approximate surface area is 101 Å². The van der Waals surface area contributed by atoms with Crippen molar-refractivity contribution in [2.45, 2.75) is 34.1 Å². The normalized spacial score (nSPS) is 12.2. The van der Waals surface area contributed by atoms with E-state index in [1.54, 1.807) is 11.3 Å². The first-order valence-corrected chi connectivity index (χ1v) is 6.35. The van der Waals surface area contributed by atoms with Gasteiger partial charge in [-0.1, -0.05) is 6.92 Å². The molecule has 0 unspecified atom stereocenters. The molecule has 88 valence electrons. The smallest absolute Gasteiger partial charge is 0.334 e. The van der Waals surface area contributed by atoms with Crippen LogP contribution in [0, 0.1) is 0 Å². The summed E-state index contributed by atoms with van der Waals surface area (Å²) in [5.41, 5.74) is 1.72. The van der Waals surface area contributed by atoms with Crippen molar-refractivity contribution in [2.75, 3.05) is 6.61 Å². The van der Waals surface area contributed by atoms with Crippen LogP contribution in [0.5, 0.6) is 0 Å².